The number of rotatable bonds is 6. The first-order valence-corrected chi connectivity index (χ1v) is 8.53. The summed E-state index contributed by atoms with van der Waals surface area (Å²) in [6.07, 6.45) is 0.709. The van der Waals surface area contributed by atoms with Crippen LogP contribution in [0.5, 0.6) is 5.75 Å². The summed E-state index contributed by atoms with van der Waals surface area (Å²) < 4.78 is 15.8. The van der Waals surface area contributed by atoms with Crippen LogP contribution in [-0.2, 0) is 20.7 Å². The number of likely N-dealkylation sites (tertiary alicyclic amines) is 1. The fraction of sp³-hybridized carbons (Fsp3) is 0.579. The summed E-state index contributed by atoms with van der Waals surface area (Å²) in [5.74, 6) is 0.868. The van der Waals surface area contributed by atoms with Crippen molar-refractivity contribution in [1.29, 1.82) is 0 Å². The molecule has 0 atom stereocenters. The van der Waals surface area contributed by atoms with Crippen LogP contribution in [0.1, 0.15) is 32.8 Å². The lowest BCUT2D eigenvalue weighted by molar-refractivity contribution is -0.140. The van der Waals surface area contributed by atoms with E-state index in [4.69, 9.17) is 9.47 Å². The maximum absolute atomic E-state index is 11.9. The Morgan fingerprint density at radius 3 is 2.60 bits per heavy atom. The molecular formula is C19H27NO5. The van der Waals surface area contributed by atoms with E-state index >= 15 is 0 Å². The van der Waals surface area contributed by atoms with Crippen molar-refractivity contribution < 1.29 is 23.8 Å². The number of ether oxygens (including phenoxy) is 3. The Morgan fingerprint density at radius 2 is 1.96 bits per heavy atom. The van der Waals surface area contributed by atoms with Crippen LogP contribution in [0.25, 0.3) is 0 Å². The van der Waals surface area contributed by atoms with Gasteiger partial charge in [0.15, 0.2) is 0 Å². The average Bonchev–Trinajstić information content (AvgIpc) is 2.49. The van der Waals surface area contributed by atoms with Crippen molar-refractivity contribution in [3.8, 4) is 5.75 Å². The lowest BCUT2D eigenvalue weighted by atomic mass is 10.0. The molecule has 138 valence electrons. The van der Waals surface area contributed by atoms with E-state index in [0.29, 0.717) is 38.5 Å². The van der Waals surface area contributed by atoms with Gasteiger partial charge in [-0.05, 0) is 44.9 Å². The maximum Gasteiger partial charge on any atom is 0.410 e. The van der Waals surface area contributed by atoms with Gasteiger partial charge in [0, 0.05) is 25.4 Å². The molecule has 0 radical (unpaired) electrons. The van der Waals surface area contributed by atoms with Crippen LogP contribution in [-0.4, -0.2) is 49.4 Å². The van der Waals surface area contributed by atoms with Crippen molar-refractivity contribution in [3.63, 3.8) is 0 Å². The van der Waals surface area contributed by atoms with Crippen molar-refractivity contribution in [3.05, 3.63) is 29.8 Å². The number of methoxy groups -OCH3 is 1. The normalized spacial score (nSPS) is 14.6. The van der Waals surface area contributed by atoms with E-state index in [9.17, 15) is 9.59 Å². The summed E-state index contributed by atoms with van der Waals surface area (Å²) in [6, 6.07) is 7.71. The molecule has 1 saturated heterocycles. The third kappa shape index (κ3) is 6.29. The van der Waals surface area contributed by atoms with Gasteiger partial charge in [-0.15, -0.1) is 0 Å². The van der Waals surface area contributed by atoms with Gasteiger partial charge in [0.25, 0.3) is 0 Å². The standard InChI is InChI=1S/C19H27NO5/c1-19(2,3)25-18(22)20-11-15(12-20)13-24-16-7-5-6-14(10-16)8-9-17(21)23-4/h5-7,10,15H,8-9,11-13H2,1-4H3. The van der Waals surface area contributed by atoms with Crippen molar-refractivity contribution in [2.75, 3.05) is 26.8 Å². The Kier molecular flexibility index (Phi) is 6.28. The molecule has 1 aliphatic rings. The van der Waals surface area contributed by atoms with E-state index in [2.05, 4.69) is 4.74 Å². The molecule has 1 aliphatic heterocycles. The first-order valence-electron chi connectivity index (χ1n) is 8.53. The summed E-state index contributed by atoms with van der Waals surface area (Å²) in [7, 11) is 1.39. The minimum Gasteiger partial charge on any atom is -0.493 e. The monoisotopic (exact) mass is 349 g/mol. The van der Waals surface area contributed by atoms with Gasteiger partial charge in [0.2, 0.25) is 0 Å². The summed E-state index contributed by atoms with van der Waals surface area (Å²) in [5.41, 5.74) is 0.565. The fourth-order valence-electron chi connectivity index (χ4n) is 2.50. The largest absolute Gasteiger partial charge is 0.493 e. The first-order chi connectivity index (χ1) is 11.8. The lowest BCUT2D eigenvalue weighted by Gasteiger charge is -2.39. The van der Waals surface area contributed by atoms with Crippen LogP contribution in [0.15, 0.2) is 24.3 Å². The highest BCUT2D eigenvalue weighted by Crippen LogP contribution is 2.22. The van der Waals surface area contributed by atoms with Crippen LogP contribution in [0.4, 0.5) is 4.79 Å². The fourth-order valence-corrected chi connectivity index (χ4v) is 2.50. The highest BCUT2D eigenvalue weighted by molar-refractivity contribution is 5.69. The van der Waals surface area contributed by atoms with Gasteiger partial charge in [-0.1, -0.05) is 12.1 Å². The highest BCUT2D eigenvalue weighted by atomic mass is 16.6. The van der Waals surface area contributed by atoms with Gasteiger partial charge >= 0.3 is 12.1 Å². The predicted octanol–water partition coefficient (Wildman–Crippen LogP) is 3.04. The number of benzene rings is 1. The summed E-state index contributed by atoms with van der Waals surface area (Å²) >= 11 is 0. The number of hydrogen-bond donors (Lipinski definition) is 0. The van der Waals surface area contributed by atoms with Gasteiger partial charge in [0.05, 0.1) is 13.7 Å². The Hall–Kier alpha value is -2.24. The zero-order valence-corrected chi connectivity index (χ0v) is 15.4. The molecule has 0 aromatic heterocycles. The number of esters is 1. The molecule has 0 spiro atoms. The number of carbonyl (C=O) groups is 2. The van der Waals surface area contributed by atoms with E-state index in [1.165, 1.54) is 7.11 Å². The Morgan fingerprint density at radius 1 is 1.24 bits per heavy atom. The van der Waals surface area contributed by atoms with E-state index in [1.807, 2.05) is 45.0 Å². The van der Waals surface area contributed by atoms with Crippen LogP contribution in [0, 0.1) is 5.92 Å². The number of carbonyl (C=O) groups excluding carboxylic acids is 2. The second kappa shape index (κ2) is 8.23. The SMILES string of the molecule is COC(=O)CCc1cccc(OCC2CN(C(=O)OC(C)(C)C)C2)c1. The van der Waals surface area contributed by atoms with Gasteiger partial charge in [0.1, 0.15) is 11.4 Å². The molecule has 6 heteroatoms. The van der Waals surface area contributed by atoms with Crippen molar-refractivity contribution in [2.24, 2.45) is 5.92 Å². The molecular weight excluding hydrogens is 322 g/mol. The van der Waals surface area contributed by atoms with Gasteiger partial charge < -0.3 is 19.1 Å². The second-order valence-corrected chi connectivity index (χ2v) is 7.29. The third-order valence-corrected chi connectivity index (χ3v) is 3.84. The van der Waals surface area contributed by atoms with E-state index in [1.54, 1.807) is 4.90 Å². The Balaban J connectivity index is 1.72. The summed E-state index contributed by atoms with van der Waals surface area (Å²) in [6.45, 7) is 7.43. The molecule has 0 aliphatic carbocycles. The number of aryl methyl sites for hydroxylation is 1. The topological polar surface area (TPSA) is 65.1 Å². The second-order valence-electron chi connectivity index (χ2n) is 7.29. The van der Waals surface area contributed by atoms with Gasteiger partial charge in [-0.3, -0.25) is 4.79 Å². The van der Waals surface area contributed by atoms with E-state index < -0.39 is 5.60 Å². The van der Waals surface area contributed by atoms with Gasteiger partial charge in [-0.25, -0.2) is 4.79 Å². The van der Waals surface area contributed by atoms with E-state index in [0.717, 1.165) is 11.3 Å². The predicted molar refractivity (Wildman–Crippen MR) is 93.6 cm³/mol. The van der Waals surface area contributed by atoms with Crippen LogP contribution in [0.2, 0.25) is 0 Å². The molecule has 6 nitrogen and oxygen atoms in total. The Bertz CT molecular complexity index is 602. The van der Waals surface area contributed by atoms with Crippen LogP contribution >= 0.6 is 0 Å². The summed E-state index contributed by atoms with van der Waals surface area (Å²) in [5, 5.41) is 0. The molecule has 0 unspecified atom stereocenters. The summed E-state index contributed by atoms with van der Waals surface area (Å²) in [4.78, 5) is 24.8. The molecule has 1 fully saturated rings. The first kappa shape index (κ1) is 19.1. The smallest absolute Gasteiger partial charge is 0.410 e. The molecule has 0 saturated carbocycles. The molecule has 0 bridgehead atoms. The minimum absolute atomic E-state index is 0.219. The Labute approximate surface area is 149 Å². The highest BCUT2D eigenvalue weighted by Gasteiger charge is 2.34. The van der Waals surface area contributed by atoms with Crippen molar-refractivity contribution in [2.45, 2.75) is 39.2 Å². The minimum atomic E-state index is -0.469. The molecule has 1 heterocycles. The number of nitrogens with zero attached hydrogens (tertiary/aromatic N) is 1. The van der Waals surface area contributed by atoms with Crippen molar-refractivity contribution in [1.82, 2.24) is 4.90 Å². The molecule has 1 amide bonds. The quantitative estimate of drug-likeness (QED) is 0.739. The number of hydrogen-bond acceptors (Lipinski definition) is 5. The zero-order valence-electron chi connectivity index (χ0n) is 15.4. The molecule has 25 heavy (non-hydrogen) atoms. The molecule has 1 aromatic carbocycles. The van der Waals surface area contributed by atoms with Gasteiger partial charge in [-0.2, -0.15) is 0 Å². The average molecular weight is 349 g/mol. The third-order valence-electron chi connectivity index (χ3n) is 3.84. The molecule has 1 aromatic rings. The zero-order chi connectivity index (χ0) is 18.4. The lowest BCUT2D eigenvalue weighted by Crippen LogP contribution is -2.53. The number of amides is 1. The molecule has 0 N–H and O–H groups in total. The van der Waals surface area contributed by atoms with Crippen LogP contribution in [0.3, 0.4) is 0 Å². The van der Waals surface area contributed by atoms with Crippen LogP contribution < -0.4 is 4.74 Å². The van der Waals surface area contributed by atoms with Crippen molar-refractivity contribution >= 4 is 12.1 Å². The van der Waals surface area contributed by atoms with E-state index in [-0.39, 0.29) is 12.1 Å². The maximum atomic E-state index is 11.9. The molecule has 2 rings (SSSR count).